The number of halogens is 1. The molecule has 0 saturated heterocycles. The number of benzene rings is 1. The van der Waals surface area contributed by atoms with Crippen molar-refractivity contribution >= 4 is 12.0 Å². The second-order valence-corrected chi connectivity index (χ2v) is 5.18. The largest absolute Gasteiger partial charge is 0.396 e. The molecule has 0 fully saturated rings. The standard InChI is InChI=1S/C16H22FNO3/c1-16(9-10-19,12-21-2)18-15(20)8-4-6-13-5-3-7-14(17)11-13/h3-7,11,19H,8-10,12H2,1-2H3,(H,18,20)/b6-4+. The summed E-state index contributed by atoms with van der Waals surface area (Å²) in [6.07, 6.45) is 3.97. The van der Waals surface area contributed by atoms with Crippen molar-refractivity contribution in [3.63, 3.8) is 0 Å². The van der Waals surface area contributed by atoms with E-state index in [1.54, 1.807) is 31.4 Å². The minimum Gasteiger partial charge on any atom is -0.396 e. The van der Waals surface area contributed by atoms with E-state index in [0.29, 0.717) is 18.6 Å². The summed E-state index contributed by atoms with van der Waals surface area (Å²) in [6.45, 7) is 2.12. The summed E-state index contributed by atoms with van der Waals surface area (Å²) in [5, 5.41) is 11.9. The van der Waals surface area contributed by atoms with Crippen molar-refractivity contribution < 1.29 is 19.0 Å². The van der Waals surface area contributed by atoms with E-state index >= 15 is 0 Å². The van der Waals surface area contributed by atoms with Gasteiger partial charge < -0.3 is 15.2 Å². The Morgan fingerprint density at radius 1 is 1.52 bits per heavy atom. The quantitative estimate of drug-likeness (QED) is 0.772. The topological polar surface area (TPSA) is 58.6 Å². The summed E-state index contributed by atoms with van der Waals surface area (Å²) in [6, 6.07) is 6.15. The molecule has 2 N–H and O–H groups in total. The number of carbonyl (C=O) groups is 1. The summed E-state index contributed by atoms with van der Waals surface area (Å²) in [4.78, 5) is 11.9. The molecule has 1 aromatic carbocycles. The molecule has 0 aliphatic heterocycles. The molecule has 1 atom stereocenters. The first-order valence-corrected chi connectivity index (χ1v) is 6.82. The van der Waals surface area contributed by atoms with Crippen molar-refractivity contribution in [3.8, 4) is 0 Å². The van der Waals surface area contributed by atoms with Gasteiger partial charge in [0.15, 0.2) is 0 Å². The average Bonchev–Trinajstić information content (AvgIpc) is 2.38. The zero-order valence-corrected chi connectivity index (χ0v) is 12.4. The lowest BCUT2D eigenvalue weighted by atomic mass is 9.99. The van der Waals surface area contributed by atoms with Gasteiger partial charge in [-0.3, -0.25) is 4.79 Å². The van der Waals surface area contributed by atoms with E-state index in [0.717, 1.165) is 0 Å². The number of rotatable bonds is 8. The van der Waals surface area contributed by atoms with E-state index in [-0.39, 0.29) is 24.8 Å². The fraction of sp³-hybridized carbons (Fsp3) is 0.438. The van der Waals surface area contributed by atoms with Gasteiger partial charge in [-0.1, -0.05) is 24.3 Å². The molecule has 0 radical (unpaired) electrons. The predicted octanol–water partition coefficient (Wildman–Crippen LogP) is 2.13. The molecular formula is C16H22FNO3. The number of aliphatic hydroxyl groups is 1. The number of nitrogens with one attached hydrogen (secondary N) is 1. The van der Waals surface area contributed by atoms with Crippen LogP contribution < -0.4 is 5.32 Å². The lowest BCUT2D eigenvalue weighted by Crippen LogP contribution is -2.49. The van der Waals surface area contributed by atoms with Gasteiger partial charge >= 0.3 is 0 Å². The van der Waals surface area contributed by atoms with Crippen LogP contribution in [0.4, 0.5) is 4.39 Å². The molecule has 1 unspecified atom stereocenters. The molecule has 116 valence electrons. The number of methoxy groups -OCH3 is 1. The monoisotopic (exact) mass is 295 g/mol. The molecule has 1 amide bonds. The number of hydrogen-bond donors (Lipinski definition) is 2. The Balaban J connectivity index is 2.53. The van der Waals surface area contributed by atoms with E-state index < -0.39 is 5.54 Å². The highest BCUT2D eigenvalue weighted by molar-refractivity contribution is 5.79. The van der Waals surface area contributed by atoms with Crippen molar-refractivity contribution in [3.05, 3.63) is 41.7 Å². The lowest BCUT2D eigenvalue weighted by molar-refractivity contribution is -0.122. The van der Waals surface area contributed by atoms with Crippen LogP contribution in [0, 0.1) is 5.82 Å². The van der Waals surface area contributed by atoms with Crippen molar-refractivity contribution in [2.45, 2.75) is 25.3 Å². The molecule has 0 saturated carbocycles. The zero-order valence-electron chi connectivity index (χ0n) is 12.4. The normalized spacial score (nSPS) is 14.1. The third-order valence-electron chi connectivity index (χ3n) is 3.03. The highest BCUT2D eigenvalue weighted by Crippen LogP contribution is 2.10. The Morgan fingerprint density at radius 2 is 2.29 bits per heavy atom. The van der Waals surface area contributed by atoms with Gasteiger partial charge in [0.25, 0.3) is 0 Å². The third-order valence-corrected chi connectivity index (χ3v) is 3.03. The molecule has 1 rings (SSSR count). The fourth-order valence-electron chi connectivity index (χ4n) is 2.04. The molecular weight excluding hydrogens is 273 g/mol. The van der Waals surface area contributed by atoms with Crippen LogP contribution in [-0.2, 0) is 9.53 Å². The van der Waals surface area contributed by atoms with Crippen molar-refractivity contribution in [2.24, 2.45) is 0 Å². The molecule has 0 bridgehead atoms. The number of aliphatic hydroxyl groups excluding tert-OH is 1. The van der Waals surface area contributed by atoms with Crippen LogP contribution in [0.15, 0.2) is 30.3 Å². The maximum atomic E-state index is 13.0. The highest BCUT2D eigenvalue weighted by Gasteiger charge is 2.25. The summed E-state index contributed by atoms with van der Waals surface area (Å²) in [7, 11) is 1.55. The van der Waals surface area contributed by atoms with E-state index in [1.807, 2.05) is 6.92 Å². The second-order valence-electron chi connectivity index (χ2n) is 5.18. The summed E-state index contributed by atoms with van der Waals surface area (Å²) >= 11 is 0. The van der Waals surface area contributed by atoms with Gasteiger partial charge in [0.1, 0.15) is 5.82 Å². The van der Waals surface area contributed by atoms with E-state index in [2.05, 4.69) is 5.32 Å². The van der Waals surface area contributed by atoms with Gasteiger partial charge in [-0.2, -0.15) is 0 Å². The molecule has 1 aromatic rings. The van der Waals surface area contributed by atoms with E-state index in [4.69, 9.17) is 9.84 Å². The number of carbonyl (C=O) groups excluding carboxylic acids is 1. The average molecular weight is 295 g/mol. The second kappa shape index (κ2) is 8.54. The number of ether oxygens (including phenoxy) is 1. The molecule has 0 aliphatic carbocycles. The third kappa shape index (κ3) is 6.51. The molecule has 4 nitrogen and oxygen atoms in total. The van der Waals surface area contributed by atoms with Crippen molar-refractivity contribution in [1.82, 2.24) is 5.32 Å². The molecule has 0 aliphatic rings. The zero-order chi connectivity index (χ0) is 15.7. The first kappa shape index (κ1) is 17.3. The first-order valence-electron chi connectivity index (χ1n) is 6.82. The van der Waals surface area contributed by atoms with E-state index in [9.17, 15) is 9.18 Å². The highest BCUT2D eigenvalue weighted by atomic mass is 19.1. The smallest absolute Gasteiger partial charge is 0.224 e. The molecule has 21 heavy (non-hydrogen) atoms. The Hall–Kier alpha value is -1.72. The minimum atomic E-state index is -0.590. The van der Waals surface area contributed by atoms with Crippen LogP contribution in [-0.4, -0.2) is 36.9 Å². The SMILES string of the molecule is COCC(C)(CCO)NC(=O)C/C=C/c1cccc(F)c1. The predicted molar refractivity (Wildman–Crippen MR) is 80.2 cm³/mol. The van der Waals surface area contributed by atoms with Crippen LogP contribution in [0.2, 0.25) is 0 Å². The molecule has 0 heterocycles. The Bertz CT molecular complexity index is 482. The lowest BCUT2D eigenvalue weighted by Gasteiger charge is -2.29. The van der Waals surface area contributed by atoms with Gasteiger partial charge in [-0.15, -0.1) is 0 Å². The maximum Gasteiger partial charge on any atom is 0.224 e. The van der Waals surface area contributed by atoms with Crippen LogP contribution in [0.5, 0.6) is 0 Å². The Morgan fingerprint density at radius 3 is 2.90 bits per heavy atom. The maximum absolute atomic E-state index is 13.0. The van der Waals surface area contributed by atoms with Crippen LogP contribution in [0.1, 0.15) is 25.3 Å². The first-order chi connectivity index (χ1) is 9.99. The van der Waals surface area contributed by atoms with Gasteiger partial charge in [0, 0.05) is 20.1 Å². The van der Waals surface area contributed by atoms with Crippen molar-refractivity contribution in [2.75, 3.05) is 20.3 Å². The van der Waals surface area contributed by atoms with Crippen LogP contribution >= 0.6 is 0 Å². The van der Waals surface area contributed by atoms with E-state index in [1.165, 1.54) is 12.1 Å². The van der Waals surface area contributed by atoms with Crippen LogP contribution in [0.3, 0.4) is 0 Å². The Labute approximate surface area is 124 Å². The molecule has 0 spiro atoms. The number of amides is 1. The van der Waals surface area contributed by atoms with Crippen LogP contribution in [0.25, 0.3) is 6.08 Å². The minimum absolute atomic E-state index is 0.0285. The molecule has 0 aromatic heterocycles. The van der Waals surface area contributed by atoms with Gasteiger partial charge in [0.2, 0.25) is 5.91 Å². The summed E-state index contributed by atoms with van der Waals surface area (Å²) < 4.78 is 18.1. The van der Waals surface area contributed by atoms with Gasteiger partial charge in [-0.25, -0.2) is 4.39 Å². The van der Waals surface area contributed by atoms with Crippen molar-refractivity contribution in [1.29, 1.82) is 0 Å². The van der Waals surface area contributed by atoms with Gasteiger partial charge in [0.05, 0.1) is 12.1 Å². The fourth-order valence-corrected chi connectivity index (χ4v) is 2.04. The Kier molecular flexibility index (Phi) is 7.05. The summed E-state index contributed by atoms with van der Waals surface area (Å²) in [5.41, 5.74) is 0.116. The summed E-state index contributed by atoms with van der Waals surface area (Å²) in [5.74, 6) is -0.479. The number of hydrogen-bond acceptors (Lipinski definition) is 3. The molecule has 5 heteroatoms. The van der Waals surface area contributed by atoms with Gasteiger partial charge in [-0.05, 0) is 31.0 Å².